The number of fused-ring (bicyclic) bond motifs is 1. The zero-order valence-corrected chi connectivity index (χ0v) is 15.0. The molecule has 144 valence electrons. The molecule has 10 nitrogen and oxygen atoms in total. The Balaban J connectivity index is 0.000000817. The molecule has 1 aliphatic rings. The normalized spacial score (nSPS) is 14.1. The van der Waals surface area contributed by atoms with E-state index in [1.165, 1.54) is 12.1 Å². The fourth-order valence-electron chi connectivity index (χ4n) is 2.50. The maximum absolute atomic E-state index is 12.3. The van der Waals surface area contributed by atoms with Crippen molar-refractivity contribution in [1.82, 2.24) is 19.6 Å². The lowest BCUT2D eigenvalue weighted by Crippen LogP contribution is -2.35. The standard InChI is InChI=1S/C15H16N4O4S.CH2O2/c20-14(17-7-5-11-9-16-10-18-11)6-8-19-15(21)12-3-1-2-4-13(12)24(19,22)23;2-1-3/h1-4,9-10H,5-8H2,(H,16,18)(H,17,20);1H,(H,2,3). The van der Waals surface area contributed by atoms with Gasteiger partial charge in [0.2, 0.25) is 5.91 Å². The highest BCUT2D eigenvalue weighted by Gasteiger charge is 2.40. The van der Waals surface area contributed by atoms with Gasteiger partial charge >= 0.3 is 0 Å². The zero-order chi connectivity index (χ0) is 19.9. The van der Waals surface area contributed by atoms with E-state index in [4.69, 9.17) is 9.90 Å². The van der Waals surface area contributed by atoms with Crippen molar-refractivity contribution in [2.45, 2.75) is 17.7 Å². The highest BCUT2D eigenvalue weighted by atomic mass is 32.2. The van der Waals surface area contributed by atoms with E-state index in [2.05, 4.69) is 15.3 Å². The first-order valence-electron chi connectivity index (χ1n) is 7.89. The van der Waals surface area contributed by atoms with Gasteiger partial charge in [0.15, 0.2) is 0 Å². The van der Waals surface area contributed by atoms with Crippen LogP contribution in [-0.2, 0) is 26.0 Å². The third-order valence-electron chi connectivity index (χ3n) is 3.73. The molecule has 2 aromatic rings. The Bertz CT molecular complexity index is 911. The maximum Gasteiger partial charge on any atom is 0.290 e. The molecule has 2 heterocycles. The minimum absolute atomic E-state index is 0.00495. The van der Waals surface area contributed by atoms with Crippen LogP contribution in [0.3, 0.4) is 0 Å². The van der Waals surface area contributed by atoms with E-state index in [-0.39, 0.29) is 35.8 Å². The number of nitrogens with one attached hydrogen (secondary N) is 2. The van der Waals surface area contributed by atoms with Gasteiger partial charge in [-0.2, -0.15) is 0 Å². The molecule has 0 aliphatic carbocycles. The molecular formula is C16H18N4O6S. The number of aromatic nitrogens is 2. The summed E-state index contributed by atoms with van der Waals surface area (Å²) in [5.74, 6) is -0.899. The SMILES string of the molecule is O=C(CCN1C(=O)c2ccccc2S1(=O)=O)NCCc1cnc[nH]1.O=CO. The van der Waals surface area contributed by atoms with Crippen LogP contribution in [0.5, 0.6) is 0 Å². The first-order chi connectivity index (χ1) is 12.9. The molecule has 1 aromatic carbocycles. The van der Waals surface area contributed by atoms with Crippen LogP contribution in [0, 0.1) is 0 Å². The van der Waals surface area contributed by atoms with E-state index < -0.39 is 15.9 Å². The lowest BCUT2D eigenvalue weighted by Gasteiger charge is -2.14. The summed E-state index contributed by atoms with van der Waals surface area (Å²) in [7, 11) is -3.86. The van der Waals surface area contributed by atoms with Crippen molar-refractivity contribution < 1.29 is 27.9 Å². The van der Waals surface area contributed by atoms with Crippen molar-refractivity contribution >= 4 is 28.3 Å². The van der Waals surface area contributed by atoms with Crippen molar-refractivity contribution in [3.05, 3.63) is 48.0 Å². The third-order valence-corrected chi connectivity index (χ3v) is 5.57. The molecule has 0 spiro atoms. The molecular weight excluding hydrogens is 376 g/mol. The largest absolute Gasteiger partial charge is 0.483 e. The fraction of sp³-hybridized carbons (Fsp3) is 0.250. The number of hydrogen-bond acceptors (Lipinski definition) is 6. The third kappa shape index (κ3) is 4.70. The van der Waals surface area contributed by atoms with Gasteiger partial charge < -0.3 is 15.4 Å². The van der Waals surface area contributed by atoms with Crippen LogP contribution in [0.2, 0.25) is 0 Å². The second-order valence-electron chi connectivity index (χ2n) is 5.41. The zero-order valence-electron chi connectivity index (χ0n) is 14.2. The average Bonchev–Trinajstić information content (AvgIpc) is 3.21. The van der Waals surface area contributed by atoms with E-state index >= 15 is 0 Å². The van der Waals surface area contributed by atoms with Crippen LogP contribution < -0.4 is 5.32 Å². The van der Waals surface area contributed by atoms with Gasteiger partial charge in [-0.05, 0) is 12.1 Å². The highest BCUT2D eigenvalue weighted by Crippen LogP contribution is 2.29. The van der Waals surface area contributed by atoms with Gasteiger partial charge in [0.05, 0.1) is 11.9 Å². The number of carboxylic acid groups (broad SMARTS) is 1. The van der Waals surface area contributed by atoms with Crippen LogP contribution in [0.4, 0.5) is 0 Å². The van der Waals surface area contributed by atoms with Crippen molar-refractivity contribution in [3.8, 4) is 0 Å². The Kier molecular flexibility index (Phi) is 6.66. The van der Waals surface area contributed by atoms with Crippen molar-refractivity contribution in [2.75, 3.05) is 13.1 Å². The predicted molar refractivity (Wildman–Crippen MR) is 93.3 cm³/mol. The van der Waals surface area contributed by atoms with E-state index in [1.807, 2.05) is 0 Å². The van der Waals surface area contributed by atoms with Crippen LogP contribution >= 0.6 is 0 Å². The van der Waals surface area contributed by atoms with Crippen molar-refractivity contribution in [2.24, 2.45) is 0 Å². The average molecular weight is 394 g/mol. The summed E-state index contributed by atoms with van der Waals surface area (Å²) >= 11 is 0. The monoisotopic (exact) mass is 394 g/mol. The summed E-state index contributed by atoms with van der Waals surface area (Å²) in [4.78, 5) is 39.2. The van der Waals surface area contributed by atoms with Gasteiger partial charge in [-0.15, -0.1) is 0 Å². The number of imidazole rings is 1. The fourth-order valence-corrected chi connectivity index (χ4v) is 4.07. The van der Waals surface area contributed by atoms with E-state index in [9.17, 15) is 18.0 Å². The van der Waals surface area contributed by atoms with E-state index in [0.717, 1.165) is 10.00 Å². The molecule has 3 rings (SSSR count). The minimum atomic E-state index is -3.86. The number of amides is 2. The molecule has 0 radical (unpaired) electrons. The Morgan fingerprint density at radius 1 is 1.33 bits per heavy atom. The second-order valence-corrected chi connectivity index (χ2v) is 7.24. The lowest BCUT2D eigenvalue weighted by atomic mass is 10.2. The van der Waals surface area contributed by atoms with Gasteiger partial charge in [-0.3, -0.25) is 14.4 Å². The highest BCUT2D eigenvalue weighted by molar-refractivity contribution is 7.90. The first-order valence-corrected chi connectivity index (χ1v) is 9.33. The first kappa shape index (κ1) is 20.1. The number of nitrogens with zero attached hydrogens (tertiary/aromatic N) is 2. The molecule has 0 saturated heterocycles. The van der Waals surface area contributed by atoms with Crippen molar-refractivity contribution in [1.29, 1.82) is 0 Å². The number of aromatic amines is 1. The number of hydrogen-bond donors (Lipinski definition) is 3. The van der Waals surface area contributed by atoms with Gasteiger partial charge in [0, 0.05) is 37.8 Å². The van der Waals surface area contributed by atoms with Crippen LogP contribution in [0.25, 0.3) is 0 Å². The Morgan fingerprint density at radius 2 is 2.04 bits per heavy atom. The van der Waals surface area contributed by atoms with Gasteiger partial charge in [0.25, 0.3) is 22.4 Å². The summed E-state index contributed by atoms with van der Waals surface area (Å²) in [6.07, 6.45) is 3.73. The van der Waals surface area contributed by atoms with Gasteiger partial charge in [0.1, 0.15) is 4.90 Å². The van der Waals surface area contributed by atoms with E-state index in [0.29, 0.717) is 13.0 Å². The number of rotatable bonds is 6. The molecule has 11 heteroatoms. The Labute approximate surface area is 155 Å². The maximum atomic E-state index is 12.3. The second kappa shape index (κ2) is 8.94. The van der Waals surface area contributed by atoms with Crippen molar-refractivity contribution in [3.63, 3.8) is 0 Å². The molecule has 1 aromatic heterocycles. The molecule has 0 fully saturated rings. The number of carbonyl (C=O) groups excluding carboxylic acids is 2. The van der Waals surface area contributed by atoms with Crippen LogP contribution in [0.15, 0.2) is 41.7 Å². The molecule has 27 heavy (non-hydrogen) atoms. The Hall–Kier alpha value is -3.21. The molecule has 2 amide bonds. The number of benzene rings is 1. The molecule has 1 aliphatic heterocycles. The molecule has 0 unspecified atom stereocenters. The van der Waals surface area contributed by atoms with E-state index in [1.54, 1.807) is 24.7 Å². The smallest absolute Gasteiger partial charge is 0.290 e. The summed E-state index contributed by atoms with van der Waals surface area (Å²) in [5.41, 5.74) is 1.04. The number of sulfonamides is 1. The van der Waals surface area contributed by atoms with Gasteiger partial charge in [-0.25, -0.2) is 17.7 Å². The molecule has 0 saturated carbocycles. The topological polar surface area (TPSA) is 150 Å². The molecule has 0 bridgehead atoms. The van der Waals surface area contributed by atoms with Crippen LogP contribution in [-0.4, -0.2) is 59.2 Å². The predicted octanol–water partition coefficient (Wildman–Crippen LogP) is 0.00400. The minimum Gasteiger partial charge on any atom is -0.483 e. The molecule has 3 N–H and O–H groups in total. The number of carbonyl (C=O) groups is 3. The van der Waals surface area contributed by atoms with Gasteiger partial charge in [-0.1, -0.05) is 12.1 Å². The van der Waals surface area contributed by atoms with Crippen LogP contribution in [0.1, 0.15) is 22.5 Å². The summed E-state index contributed by atoms with van der Waals surface area (Å²) in [6, 6.07) is 6.04. The number of H-pyrrole nitrogens is 1. The quantitative estimate of drug-likeness (QED) is 0.584. The summed E-state index contributed by atoms with van der Waals surface area (Å²) in [5, 5.41) is 9.58. The lowest BCUT2D eigenvalue weighted by molar-refractivity contribution is -0.123. The summed E-state index contributed by atoms with van der Waals surface area (Å²) in [6.45, 7) is -0.0202. The Morgan fingerprint density at radius 3 is 2.67 bits per heavy atom. The summed E-state index contributed by atoms with van der Waals surface area (Å²) < 4.78 is 25.4. The molecule has 0 atom stereocenters.